The third kappa shape index (κ3) is 0.838. The molecule has 1 saturated heterocycles. The summed E-state index contributed by atoms with van der Waals surface area (Å²) in [4.78, 5) is 22.2. The topological polar surface area (TPSA) is 37.4 Å². The van der Waals surface area contributed by atoms with Gasteiger partial charge in [-0.15, -0.1) is 0 Å². The Morgan fingerprint density at radius 2 is 2.25 bits per heavy atom. The number of hydrogen-bond donors (Lipinski definition) is 0. The maximum atomic E-state index is 10.5. The monoisotopic (exact) mass is 131 g/mol. The van der Waals surface area contributed by atoms with E-state index in [1.54, 1.807) is 7.05 Å². The van der Waals surface area contributed by atoms with Gasteiger partial charge in [-0.1, -0.05) is 0 Å². The van der Waals surface area contributed by atoms with Crippen molar-refractivity contribution in [2.75, 3.05) is 13.6 Å². The van der Waals surface area contributed by atoms with Crippen molar-refractivity contribution in [1.29, 1.82) is 0 Å². The lowest BCUT2D eigenvalue weighted by atomic mass is 10.7. The van der Waals surface area contributed by atoms with Crippen molar-refractivity contribution in [1.82, 2.24) is 4.90 Å². The molecule has 0 unspecified atom stereocenters. The van der Waals surface area contributed by atoms with Crippen molar-refractivity contribution >= 4 is 22.1 Å². The molecule has 1 aliphatic rings. The van der Waals surface area contributed by atoms with Gasteiger partial charge in [0, 0.05) is 18.8 Å². The van der Waals surface area contributed by atoms with Gasteiger partial charge in [0.25, 0.3) is 5.24 Å². The molecule has 1 rings (SSSR count). The molecule has 3 nitrogen and oxygen atoms in total. The number of carbonyl (C=O) groups excluding carboxylic acids is 2. The van der Waals surface area contributed by atoms with Gasteiger partial charge in [0.2, 0.25) is 5.12 Å². The van der Waals surface area contributed by atoms with E-state index in [0.29, 0.717) is 0 Å². The number of carbonyl (C=O) groups is 2. The van der Waals surface area contributed by atoms with Gasteiger partial charge in [-0.25, -0.2) is 0 Å². The molecule has 0 aliphatic carbocycles. The van der Waals surface area contributed by atoms with Crippen LogP contribution in [0.3, 0.4) is 0 Å². The molecule has 0 spiro atoms. The van der Waals surface area contributed by atoms with E-state index < -0.39 is 0 Å². The maximum absolute atomic E-state index is 10.5. The van der Waals surface area contributed by atoms with Crippen molar-refractivity contribution in [2.24, 2.45) is 0 Å². The van der Waals surface area contributed by atoms with Crippen LogP contribution in [-0.4, -0.2) is 28.8 Å². The Morgan fingerprint density at radius 3 is 2.38 bits per heavy atom. The highest BCUT2D eigenvalue weighted by Crippen LogP contribution is 2.16. The number of thioether (sulfide) groups is 1. The Hall–Kier alpha value is -0.510. The van der Waals surface area contributed by atoms with Crippen LogP contribution in [0.15, 0.2) is 0 Å². The molecular formula is C4H5NO2S. The van der Waals surface area contributed by atoms with Gasteiger partial charge in [0.1, 0.15) is 0 Å². The van der Waals surface area contributed by atoms with E-state index in [4.69, 9.17) is 0 Å². The van der Waals surface area contributed by atoms with Crippen molar-refractivity contribution in [3.63, 3.8) is 0 Å². The Balaban J connectivity index is 2.64. The summed E-state index contributed by atoms with van der Waals surface area (Å²) in [5.41, 5.74) is 0. The minimum atomic E-state index is -0.144. The summed E-state index contributed by atoms with van der Waals surface area (Å²) in [5, 5.41) is -0.201. The SMILES string of the molecule is CN1CC(=O)SC1=O. The third-order valence-electron chi connectivity index (χ3n) is 0.879. The molecule has 1 fully saturated rings. The van der Waals surface area contributed by atoms with Crippen molar-refractivity contribution in [3.05, 3.63) is 0 Å². The summed E-state index contributed by atoms with van der Waals surface area (Å²) in [6, 6.07) is 0. The van der Waals surface area contributed by atoms with E-state index >= 15 is 0 Å². The average molecular weight is 131 g/mol. The van der Waals surface area contributed by atoms with Crippen LogP contribution in [0.4, 0.5) is 4.79 Å². The maximum Gasteiger partial charge on any atom is 0.289 e. The van der Waals surface area contributed by atoms with E-state index in [-0.39, 0.29) is 16.9 Å². The fourth-order valence-corrected chi connectivity index (χ4v) is 1.14. The van der Waals surface area contributed by atoms with Crippen molar-refractivity contribution in [2.45, 2.75) is 0 Å². The predicted octanol–water partition coefficient (Wildman–Crippen LogP) is 0.312. The molecule has 1 heterocycles. The number of amides is 1. The Kier molecular flexibility index (Phi) is 1.25. The van der Waals surface area contributed by atoms with E-state index in [1.165, 1.54) is 4.90 Å². The van der Waals surface area contributed by atoms with Crippen LogP contribution in [-0.2, 0) is 4.79 Å². The summed E-state index contributed by atoms with van der Waals surface area (Å²) < 4.78 is 0. The highest BCUT2D eigenvalue weighted by atomic mass is 32.2. The first-order valence-corrected chi connectivity index (χ1v) is 2.97. The lowest BCUT2D eigenvalue weighted by Gasteiger charge is -2.00. The first-order valence-electron chi connectivity index (χ1n) is 2.16. The summed E-state index contributed by atoms with van der Waals surface area (Å²) in [6.07, 6.45) is 0. The van der Waals surface area contributed by atoms with Gasteiger partial charge in [-0.3, -0.25) is 9.59 Å². The fraction of sp³-hybridized carbons (Fsp3) is 0.500. The van der Waals surface area contributed by atoms with Gasteiger partial charge in [0.15, 0.2) is 0 Å². The van der Waals surface area contributed by atoms with E-state index in [2.05, 4.69) is 0 Å². The van der Waals surface area contributed by atoms with Crippen LogP contribution in [0.1, 0.15) is 0 Å². The molecule has 44 valence electrons. The standard InChI is InChI=1S/C4H5NO2S/c1-5-2-3(6)8-4(5)7/h2H2,1H3. The smallest absolute Gasteiger partial charge is 0.289 e. The second kappa shape index (κ2) is 1.78. The lowest BCUT2D eigenvalue weighted by molar-refractivity contribution is -0.110. The van der Waals surface area contributed by atoms with Crippen molar-refractivity contribution in [3.8, 4) is 0 Å². The molecule has 0 bridgehead atoms. The molecule has 1 aliphatic heterocycles. The van der Waals surface area contributed by atoms with E-state index in [9.17, 15) is 9.59 Å². The predicted molar refractivity (Wildman–Crippen MR) is 30.6 cm³/mol. The second-order valence-electron chi connectivity index (χ2n) is 1.60. The van der Waals surface area contributed by atoms with Crippen LogP contribution < -0.4 is 0 Å². The summed E-state index contributed by atoms with van der Waals surface area (Å²) in [7, 11) is 1.61. The molecular weight excluding hydrogens is 126 g/mol. The summed E-state index contributed by atoms with van der Waals surface area (Å²) in [6.45, 7) is 0.267. The zero-order chi connectivity index (χ0) is 6.15. The number of rotatable bonds is 0. The molecule has 0 aromatic heterocycles. The van der Waals surface area contributed by atoms with Gasteiger partial charge < -0.3 is 4.90 Å². The Morgan fingerprint density at radius 1 is 1.62 bits per heavy atom. The summed E-state index contributed by atoms with van der Waals surface area (Å²) in [5.74, 6) is 0. The van der Waals surface area contributed by atoms with Crippen LogP contribution in [0.2, 0.25) is 0 Å². The van der Waals surface area contributed by atoms with Gasteiger partial charge in [0.05, 0.1) is 6.54 Å². The Labute approximate surface area is 51.0 Å². The first kappa shape index (κ1) is 5.62. The molecule has 4 heteroatoms. The quantitative estimate of drug-likeness (QED) is 0.475. The fourth-order valence-electron chi connectivity index (χ4n) is 0.466. The molecule has 0 saturated carbocycles. The molecule has 0 aromatic rings. The molecule has 0 aromatic carbocycles. The normalized spacial score (nSPS) is 20.4. The second-order valence-corrected chi connectivity index (χ2v) is 2.60. The van der Waals surface area contributed by atoms with Crippen LogP contribution in [0.25, 0.3) is 0 Å². The van der Waals surface area contributed by atoms with Gasteiger partial charge >= 0.3 is 0 Å². The van der Waals surface area contributed by atoms with E-state index in [0.717, 1.165) is 11.8 Å². The third-order valence-corrected chi connectivity index (χ3v) is 1.72. The van der Waals surface area contributed by atoms with Gasteiger partial charge in [-0.2, -0.15) is 0 Å². The number of nitrogens with zero attached hydrogens (tertiary/aromatic N) is 1. The molecule has 0 atom stereocenters. The van der Waals surface area contributed by atoms with Crippen LogP contribution in [0.5, 0.6) is 0 Å². The molecule has 1 amide bonds. The number of hydrogen-bond acceptors (Lipinski definition) is 3. The highest BCUT2D eigenvalue weighted by Gasteiger charge is 2.24. The largest absolute Gasteiger partial charge is 0.328 e. The Bertz CT molecular complexity index is 145. The van der Waals surface area contributed by atoms with Crippen LogP contribution in [0, 0.1) is 0 Å². The van der Waals surface area contributed by atoms with E-state index in [1.807, 2.05) is 0 Å². The number of likely N-dealkylation sites (N-methyl/N-ethyl adjacent to an activating group) is 1. The van der Waals surface area contributed by atoms with Crippen molar-refractivity contribution < 1.29 is 9.59 Å². The molecule has 8 heavy (non-hydrogen) atoms. The van der Waals surface area contributed by atoms with Crippen LogP contribution >= 0.6 is 11.8 Å². The molecule has 0 N–H and O–H groups in total. The zero-order valence-corrected chi connectivity index (χ0v) is 5.20. The highest BCUT2D eigenvalue weighted by molar-refractivity contribution is 8.26. The summed E-state index contributed by atoms with van der Waals surface area (Å²) >= 11 is 0.777. The first-order chi connectivity index (χ1) is 3.70. The van der Waals surface area contributed by atoms with Gasteiger partial charge in [-0.05, 0) is 0 Å². The minimum absolute atomic E-state index is 0.0579. The molecule has 0 radical (unpaired) electrons. The lowest BCUT2D eigenvalue weighted by Crippen LogP contribution is -2.17. The average Bonchev–Trinajstić information content (AvgIpc) is 1.85. The zero-order valence-electron chi connectivity index (χ0n) is 4.38. The minimum Gasteiger partial charge on any atom is -0.328 e.